The van der Waals surface area contributed by atoms with Crippen LogP contribution in [0.15, 0.2) is 40.9 Å². The number of nitrogens with one attached hydrogen (secondary N) is 2. The lowest BCUT2D eigenvalue weighted by Gasteiger charge is -2.09. The summed E-state index contributed by atoms with van der Waals surface area (Å²) < 4.78 is 0.929. The molecule has 3 aromatic rings. The number of unbranched alkanes of at least 4 members (excludes halogenated alkanes) is 1. The minimum atomic E-state index is -0.301. The van der Waals surface area contributed by atoms with Crippen molar-refractivity contribution in [3.63, 3.8) is 0 Å². The third-order valence-corrected chi connectivity index (χ3v) is 4.63. The predicted molar refractivity (Wildman–Crippen MR) is 108 cm³/mol. The lowest BCUT2D eigenvalue weighted by Crippen LogP contribution is -2.34. The van der Waals surface area contributed by atoms with Gasteiger partial charge in [0.2, 0.25) is 0 Å². The number of tetrazole rings is 1. The Balaban J connectivity index is 1.69. The number of nitrogens with zero attached hydrogens (tertiary/aromatic N) is 4. The van der Waals surface area contributed by atoms with Crippen LogP contribution in [-0.4, -0.2) is 31.2 Å². The highest BCUT2D eigenvalue weighted by Crippen LogP contribution is 2.26. The molecule has 1 amide bonds. The van der Waals surface area contributed by atoms with Gasteiger partial charge in [-0.3, -0.25) is 15.4 Å². The molecule has 26 heavy (non-hydrogen) atoms. The van der Waals surface area contributed by atoms with Crippen molar-refractivity contribution >= 4 is 55.9 Å². The summed E-state index contributed by atoms with van der Waals surface area (Å²) in [5.41, 5.74) is 0.535. The number of carbonyl (C=O) groups is 1. The van der Waals surface area contributed by atoms with E-state index in [0.29, 0.717) is 12.1 Å². The molecular formula is C17H17BrN6OS. The number of thiocarbonyl (C=S) groups is 1. The Bertz CT molecular complexity index is 957. The largest absolute Gasteiger partial charge is 0.299 e. The van der Waals surface area contributed by atoms with Gasteiger partial charge in [0.15, 0.2) is 5.11 Å². The molecule has 0 aliphatic rings. The Morgan fingerprint density at radius 1 is 1.23 bits per heavy atom. The molecule has 0 fully saturated rings. The van der Waals surface area contributed by atoms with Gasteiger partial charge in [0, 0.05) is 10.0 Å². The standard InChI is InChI=1S/C17H17BrN6OS/c1-2-3-10-24-22-16(21-23-24)20-17(26)19-15(25)13-8-4-7-12-11(13)6-5-9-14(12)18/h4-9H,2-3,10H2,1H3,(H2,19,20,22,25,26). The number of fused-ring (bicyclic) bond motifs is 1. The fourth-order valence-electron chi connectivity index (χ4n) is 2.46. The van der Waals surface area contributed by atoms with Gasteiger partial charge in [-0.15, -0.1) is 5.10 Å². The quantitative estimate of drug-likeness (QED) is 0.599. The summed E-state index contributed by atoms with van der Waals surface area (Å²) in [6.45, 7) is 2.78. The molecule has 0 aliphatic carbocycles. The molecule has 1 heterocycles. The summed E-state index contributed by atoms with van der Waals surface area (Å²) in [7, 11) is 0. The van der Waals surface area contributed by atoms with Gasteiger partial charge in [-0.05, 0) is 46.8 Å². The van der Waals surface area contributed by atoms with E-state index in [9.17, 15) is 4.79 Å². The van der Waals surface area contributed by atoms with E-state index in [0.717, 1.165) is 28.1 Å². The molecule has 0 saturated heterocycles. The minimum Gasteiger partial charge on any atom is -0.299 e. The lowest BCUT2D eigenvalue weighted by atomic mass is 10.0. The molecule has 0 atom stereocenters. The normalized spacial score (nSPS) is 10.7. The summed E-state index contributed by atoms with van der Waals surface area (Å²) in [6, 6.07) is 11.3. The van der Waals surface area contributed by atoms with E-state index in [4.69, 9.17) is 12.2 Å². The number of carbonyl (C=O) groups excluding carboxylic acids is 1. The number of amides is 1. The van der Waals surface area contributed by atoms with Gasteiger partial charge in [-0.25, -0.2) is 0 Å². The van der Waals surface area contributed by atoms with Crippen LogP contribution in [0, 0.1) is 0 Å². The number of hydrogen-bond donors (Lipinski definition) is 2. The van der Waals surface area contributed by atoms with Gasteiger partial charge in [0.05, 0.1) is 6.54 Å². The van der Waals surface area contributed by atoms with E-state index >= 15 is 0 Å². The summed E-state index contributed by atoms with van der Waals surface area (Å²) >= 11 is 8.69. The molecule has 0 unspecified atom stereocenters. The Labute approximate surface area is 164 Å². The first-order chi connectivity index (χ1) is 12.6. The zero-order valence-corrected chi connectivity index (χ0v) is 16.5. The number of halogens is 1. The molecule has 0 bridgehead atoms. The van der Waals surface area contributed by atoms with Crippen LogP contribution in [0.5, 0.6) is 0 Å². The van der Waals surface area contributed by atoms with E-state index in [1.165, 1.54) is 4.80 Å². The summed E-state index contributed by atoms with van der Waals surface area (Å²) in [6.07, 6.45) is 2.01. The monoisotopic (exact) mass is 432 g/mol. The van der Waals surface area contributed by atoms with Crippen molar-refractivity contribution in [2.75, 3.05) is 5.32 Å². The maximum Gasteiger partial charge on any atom is 0.269 e. The molecule has 1 aromatic heterocycles. The number of aromatic nitrogens is 4. The van der Waals surface area contributed by atoms with Crippen molar-refractivity contribution in [3.8, 4) is 0 Å². The molecule has 0 saturated carbocycles. The number of benzene rings is 2. The van der Waals surface area contributed by atoms with Gasteiger partial charge in [0.1, 0.15) is 0 Å². The maximum absolute atomic E-state index is 12.6. The van der Waals surface area contributed by atoms with E-state index < -0.39 is 0 Å². The van der Waals surface area contributed by atoms with Gasteiger partial charge >= 0.3 is 0 Å². The number of hydrogen-bond acceptors (Lipinski definition) is 5. The van der Waals surface area contributed by atoms with Crippen molar-refractivity contribution < 1.29 is 4.79 Å². The summed E-state index contributed by atoms with van der Waals surface area (Å²) in [4.78, 5) is 14.1. The van der Waals surface area contributed by atoms with E-state index in [2.05, 4.69) is 48.9 Å². The van der Waals surface area contributed by atoms with Crippen molar-refractivity contribution in [2.24, 2.45) is 0 Å². The first-order valence-electron chi connectivity index (χ1n) is 8.16. The van der Waals surface area contributed by atoms with Crippen LogP contribution in [0.3, 0.4) is 0 Å². The Morgan fingerprint density at radius 2 is 2.00 bits per heavy atom. The van der Waals surface area contributed by atoms with Crippen LogP contribution in [0.25, 0.3) is 10.8 Å². The van der Waals surface area contributed by atoms with Crippen molar-refractivity contribution in [1.82, 2.24) is 25.5 Å². The predicted octanol–water partition coefficient (Wildman–Crippen LogP) is 3.52. The second-order valence-electron chi connectivity index (χ2n) is 5.61. The second kappa shape index (κ2) is 8.33. The van der Waals surface area contributed by atoms with Crippen molar-refractivity contribution in [1.29, 1.82) is 0 Å². The van der Waals surface area contributed by atoms with Gasteiger partial charge < -0.3 is 0 Å². The topological polar surface area (TPSA) is 84.7 Å². The van der Waals surface area contributed by atoms with Crippen LogP contribution >= 0.6 is 28.1 Å². The minimum absolute atomic E-state index is 0.122. The van der Waals surface area contributed by atoms with Crippen LogP contribution in [0.1, 0.15) is 30.1 Å². The van der Waals surface area contributed by atoms with E-state index in [1.807, 2.05) is 30.3 Å². The molecule has 0 spiro atoms. The molecule has 0 radical (unpaired) electrons. The average Bonchev–Trinajstić information content (AvgIpc) is 3.07. The Morgan fingerprint density at radius 3 is 2.81 bits per heavy atom. The van der Waals surface area contributed by atoms with Crippen LogP contribution in [0.2, 0.25) is 0 Å². The molecule has 9 heteroatoms. The first-order valence-corrected chi connectivity index (χ1v) is 9.36. The molecule has 134 valence electrons. The molecule has 7 nitrogen and oxygen atoms in total. The molecule has 2 aromatic carbocycles. The average molecular weight is 433 g/mol. The SMILES string of the molecule is CCCCn1nnc(NC(=S)NC(=O)c2cccc3c(Br)cccc23)n1. The third kappa shape index (κ3) is 4.23. The zero-order valence-electron chi connectivity index (χ0n) is 14.1. The summed E-state index contributed by atoms with van der Waals surface area (Å²) in [5.74, 6) is -0.0448. The Hall–Kier alpha value is -2.39. The fraction of sp³-hybridized carbons (Fsp3) is 0.235. The van der Waals surface area contributed by atoms with Gasteiger partial charge in [-0.1, -0.05) is 58.6 Å². The highest BCUT2D eigenvalue weighted by atomic mass is 79.9. The van der Waals surface area contributed by atoms with Crippen molar-refractivity contribution in [3.05, 3.63) is 46.4 Å². The van der Waals surface area contributed by atoms with Crippen LogP contribution in [0.4, 0.5) is 5.95 Å². The second-order valence-corrected chi connectivity index (χ2v) is 6.87. The summed E-state index contributed by atoms with van der Waals surface area (Å²) in [5, 5.41) is 19.3. The fourth-order valence-corrected chi connectivity index (χ4v) is 3.14. The third-order valence-electron chi connectivity index (χ3n) is 3.73. The first kappa shape index (κ1) is 18.4. The van der Waals surface area contributed by atoms with Crippen LogP contribution < -0.4 is 10.6 Å². The maximum atomic E-state index is 12.6. The smallest absolute Gasteiger partial charge is 0.269 e. The van der Waals surface area contributed by atoms with Gasteiger partial charge in [0.25, 0.3) is 11.9 Å². The zero-order chi connectivity index (χ0) is 18.5. The number of anilines is 1. The molecule has 2 N–H and O–H groups in total. The molecular weight excluding hydrogens is 416 g/mol. The highest BCUT2D eigenvalue weighted by Gasteiger charge is 2.13. The number of rotatable bonds is 5. The van der Waals surface area contributed by atoms with E-state index in [-0.39, 0.29) is 17.0 Å². The van der Waals surface area contributed by atoms with Gasteiger partial charge in [-0.2, -0.15) is 4.80 Å². The molecule has 0 aliphatic heterocycles. The number of aryl methyl sites for hydroxylation is 1. The lowest BCUT2D eigenvalue weighted by molar-refractivity contribution is 0.0979. The van der Waals surface area contributed by atoms with Crippen LogP contribution in [-0.2, 0) is 6.54 Å². The van der Waals surface area contributed by atoms with Crippen molar-refractivity contribution in [2.45, 2.75) is 26.3 Å². The Kier molecular flexibility index (Phi) is 5.89. The van der Waals surface area contributed by atoms with E-state index in [1.54, 1.807) is 6.07 Å². The highest BCUT2D eigenvalue weighted by molar-refractivity contribution is 9.10. The molecule has 3 rings (SSSR count).